The maximum Gasteiger partial charge on any atom is 0.240 e. The minimum atomic E-state index is 0.230. The summed E-state index contributed by atoms with van der Waals surface area (Å²) < 4.78 is 12.9. The van der Waals surface area contributed by atoms with Gasteiger partial charge >= 0.3 is 0 Å². The molecule has 4 aromatic heterocycles. The molecule has 12 heteroatoms. The molecule has 0 atom stereocenters. The largest absolute Gasteiger partial charge is 0.496 e. The quantitative estimate of drug-likeness (QED) is 0.306. The summed E-state index contributed by atoms with van der Waals surface area (Å²) in [4.78, 5) is 20.3. The number of aryl methyl sites for hydroxylation is 1. The first-order valence-corrected chi connectivity index (χ1v) is 12.8. The predicted octanol–water partition coefficient (Wildman–Crippen LogP) is 3.14. The van der Waals surface area contributed by atoms with Gasteiger partial charge in [0.2, 0.25) is 11.8 Å². The molecule has 0 saturated carbocycles. The average molecular weight is 507 g/mol. The van der Waals surface area contributed by atoms with Gasteiger partial charge in [-0.15, -0.1) is 0 Å². The normalized spacial score (nSPS) is 14.9. The van der Waals surface area contributed by atoms with Crippen LogP contribution in [0, 0.1) is 6.92 Å². The highest BCUT2D eigenvalue weighted by Crippen LogP contribution is 2.31. The minimum Gasteiger partial charge on any atom is -0.496 e. The zero-order valence-corrected chi connectivity index (χ0v) is 21.6. The molecule has 0 radical (unpaired) electrons. The molecule has 0 aromatic carbocycles. The van der Waals surface area contributed by atoms with Gasteiger partial charge < -0.3 is 20.3 Å². The third kappa shape index (κ3) is 5.63. The Morgan fingerprint density at radius 2 is 2.00 bits per heavy atom. The van der Waals surface area contributed by atoms with Crippen LogP contribution in [0.25, 0.3) is 11.0 Å². The van der Waals surface area contributed by atoms with E-state index in [9.17, 15) is 0 Å². The fraction of sp³-hybridized carbons (Fsp3) is 0.520. The number of unbranched alkanes of at least 4 members (excludes halogenated alkanes) is 1. The summed E-state index contributed by atoms with van der Waals surface area (Å²) in [5.41, 5.74) is 9.45. The maximum absolute atomic E-state index is 5.93. The fourth-order valence-corrected chi connectivity index (χ4v) is 4.80. The van der Waals surface area contributed by atoms with E-state index in [4.69, 9.17) is 20.0 Å². The number of ether oxygens (including phenoxy) is 1. The van der Waals surface area contributed by atoms with Crippen LogP contribution in [0.3, 0.4) is 0 Å². The van der Waals surface area contributed by atoms with E-state index in [0.29, 0.717) is 42.1 Å². The lowest BCUT2D eigenvalue weighted by Crippen LogP contribution is -2.32. The second kappa shape index (κ2) is 11.1. The first-order valence-electron chi connectivity index (χ1n) is 12.8. The van der Waals surface area contributed by atoms with Crippen LogP contribution in [0.15, 0.2) is 23.0 Å². The van der Waals surface area contributed by atoms with Crippen LogP contribution in [0.4, 0.5) is 11.8 Å². The summed E-state index contributed by atoms with van der Waals surface area (Å²) >= 11 is 0. The highest BCUT2D eigenvalue weighted by Gasteiger charge is 2.24. The molecule has 0 aliphatic carbocycles. The number of anilines is 2. The second-order valence-corrected chi connectivity index (χ2v) is 9.45. The van der Waals surface area contributed by atoms with E-state index < -0.39 is 0 Å². The molecule has 3 N–H and O–H groups in total. The van der Waals surface area contributed by atoms with Crippen molar-refractivity contribution in [1.29, 1.82) is 0 Å². The van der Waals surface area contributed by atoms with Gasteiger partial charge in [-0.2, -0.15) is 15.1 Å². The first-order chi connectivity index (χ1) is 18.0. The average Bonchev–Trinajstić information content (AvgIpc) is 3.50. The number of nitrogen functional groups attached to an aromatic ring is 1. The molecule has 5 rings (SSSR count). The van der Waals surface area contributed by atoms with Crippen LogP contribution in [0.5, 0.6) is 5.75 Å². The third-order valence-electron chi connectivity index (χ3n) is 6.77. The number of pyridine rings is 1. The molecular formula is C25H34N10O2. The summed E-state index contributed by atoms with van der Waals surface area (Å²) in [5.74, 6) is 3.44. The van der Waals surface area contributed by atoms with E-state index in [0.717, 1.165) is 67.8 Å². The van der Waals surface area contributed by atoms with Crippen LogP contribution < -0.4 is 15.8 Å². The zero-order chi connectivity index (χ0) is 25.8. The summed E-state index contributed by atoms with van der Waals surface area (Å²) in [6, 6.07) is 2.07. The highest BCUT2D eigenvalue weighted by molar-refractivity contribution is 5.86. The molecule has 196 valence electrons. The van der Waals surface area contributed by atoms with E-state index in [1.54, 1.807) is 13.3 Å². The zero-order valence-electron chi connectivity index (χ0n) is 21.6. The number of hydrogen-bond donors (Lipinski definition) is 2. The van der Waals surface area contributed by atoms with Crippen LogP contribution in [-0.2, 0) is 13.1 Å². The lowest BCUT2D eigenvalue weighted by atomic mass is 9.92. The van der Waals surface area contributed by atoms with E-state index in [2.05, 4.69) is 48.4 Å². The van der Waals surface area contributed by atoms with Crippen molar-refractivity contribution in [1.82, 2.24) is 39.8 Å². The van der Waals surface area contributed by atoms with Crippen molar-refractivity contribution in [2.75, 3.05) is 37.8 Å². The molecule has 12 nitrogen and oxygen atoms in total. The smallest absolute Gasteiger partial charge is 0.240 e. The molecule has 0 amide bonds. The van der Waals surface area contributed by atoms with Gasteiger partial charge in [-0.25, -0.2) is 4.98 Å². The van der Waals surface area contributed by atoms with Crippen LogP contribution in [0.2, 0.25) is 0 Å². The Morgan fingerprint density at radius 3 is 2.73 bits per heavy atom. The van der Waals surface area contributed by atoms with Crippen molar-refractivity contribution < 1.29 is 9.26 Å². The van der Waals surface area contributed by atoms with Gasteiger partial charge in [0.05, 0.1) is 26.4 Å². The van der Waals surface area contributed by atoms with E-state index in [-0.39, 0.29) is 5.95 Å². The monoisotopic (exact) mass is 506 g/mol. The van der Waals surface area contributed by atoms with Gasteiger partial charge in [0.1, 0.15) is 16.8 Å². The number of aromatic nitrogens is 7. The SMILES string of the molecule is CCCCNc1nc(N)nc2cnn(Cc3cnc(C4CCN(Cc5nc(C)no5)CC4)cc3OC)c12. The number of rotatable bonds is 10. The molecule has 5 heterocycles. The Bertz CT molecular complexity index is 1340. The lowest BCUT2D eigenvalue weighted by Gasteiger charge is -2.30. The summed E-state index contributed by atoms with van der Waals surface area (Å²) in [7, 11) is 1.69. The Labute approximate surface area is 215 Å². The van der Waals surface area contributed by atoms with Gasteiger partial charge in [0.25, 0.3) is 0 Å². The van der Waals surface area contributed by atoms with Crippen molar-refractivity contribution in [2.45, 2.75) is 58.5 Å². The Morgan fingerprint density at radius 1 is 1.16 bits per heavy atom. The molecule has 1 aliphatic heterocycles. The summed E-state index contributed by atoms with van der Waals surface area (Å²) in [5, 5.41) is 11.8. The van der Waals surface area contributed by atoms with E-state index in [1.807, 2.05) is 17.8 Å². The number of fused-ring (bicyclic) bond motifs is 1. The molecule has 4 aromatic rings. The van der Waals surface area contributed by atoms with Gasteiger partial charge in [-0.05, 0) is 39.3 Å². The van der Waals surface area contributed by atoms with Crippen molar-refractivity contribution in [3.8, 4) is 5.75 Å². The number of likely N-dealkylation sites (tertiary alicyclic amines) is 1. The van der Waals surface area contributed by atoms with Crippen molar-refractivity contribution in [3.05, 3.63) is 41.4 Å². The van der Waals surface area contributed by atoms with Crippen LogP contribution >= 0.6 is 0 Å². The summed E-state index contributed by atoms with van der Waals surface area (Å²) in [6.45, 7) is 7.87. The Hall–Kier alpha value is -3.80. The predicted molar refractivity (Wildman–Crippen MR) is 139 cm³/mol. The Balaban J connectivity index is 1.30. The topological polar surface area (TPSA) is 146 Å². The minimum absolute atomic E-state index is 0.230. The lowest BCUT2D eigenvalue weighted by molar-refractivity contribution is 0.179. The maximum atomic E-state index is 5.93. The molecule has 0 unspecified atom stereocenters. The molecule has 1 fully saturated rings. The van der Waals surface area contributed by atoms with Gasteiger partial charge in [-0.3, -0.25) is 14.6 Å². The fourth-order valence-electron chi connectivity index (χ4n) is 4.80. The number of nitrogens with two attached hydrogens (primary N) is 1. The van der Waals surface area contributed by atoms with Crippen molar-refractivity contribution in [2.24, 2.45) is 0 Å². The van der Waals surface area contributed by atoms with Crippen molar-refractivity contribution in [3.63, 3.8) is 0 Å². The van der Waals surface area contributed by atoms with E-state index in [1.165, 1.54) is 0 Å². The van der Waals surface area contributed by atoms with Gasteiger partial charge in [0, 0.05) is 36.0 Å². The molecule has 1 aliphatic rings. The van der Waals surface area contributed by atoms with Crippen LogP contribution in [-0.4, -0.2) is 66.5 Å². The molecular weight excluding hydrogens is 472 g/mol. The number of hydrogen-bond acceptors (Lipinski definition) is 11. The Kier molecular flexibility index (Phi) is 7.45. The molecule has 0 spiro atoms. The van der Waals surface area contributed by atoms with Gasteiger partial charge in [-0.1, -0.05) is 18.5 Å². The highest BCUT2D eigenvalue weighted by atomic mass is 16.5. The first kappa shape index (κ1) is 24.9. The second-order valence-electron chi connectivity index (χ2n) is 9.45. The third-order valence-corrected chi connectivity index (χ3v) is 6.77. The number of piperidine rings is 1. The summed E-state index contributed by atoms with van der Waals surface area (Å²) in [6.07, 6.45) is 7.76. The molecule has 37 heavy (non-hydrogen) atoms. The number of nitrogens with one attached hydrogen (secondary N) is 1. The van der Waals surface area contributed by atoms with Gasteiger partial charge in [0.15, 0.2) is 11.6 Å². The standard InChI is InChI=1S/C25H34N10O2/c1-4-5-8-27-24-23-20(31-25(26)32-24)13-29-35(23)14-18-12-28-19(11-21(18)36-3)17-6-9-34(10-7-17)15-22-30-16(2)33-37-22/h11-13,17H,4-10,14-15H2,1-3H3,(H3,26,27,31,32). The molecule has 1 saturated heterocycles. The van der Waals surface area contributed by atoms with Crippen LogP contribution in [0.1, 0.15) is 61.5 Å². The van der Waals surface area contributed by atoms with Crippen molar-refractivity contribution >= 4 is 22.8 Å². The number of methoxy groups -OCH3 is 1. The number of nitrogens with zero attached hydrogens (tertiary/aromatic N) is 8. The molecule has 0 bridgehead atoms. The van der Waals surface area contributed by atoms with E-state index >= 15 is 0 Å².